The Kier molecular flexibility index (Phi) is 2.15. The molecule has 0 radical (unpaired) electrons. The zero-order chi connectivity index (χ0) is 11.7. The summed E-state index contributed by atoms with van der Waals surface area (Å²) >= 11 is 0. The van der Waals surface area contributed by atoms with Crippen LogP contribution in [0.4, 0.5) is 0 Å². The lowest BCUT2D eigenvalue weighted by Crippen LogP contribution is -2.11. The largest absolute Gasteiger partial charge is 0.319 e. The molecule has 0 aliphatic heterocycles. The number of H-pyrrole nitrogens is 1. The summed E-state index contributed by atoms with van der Waals surface area (Å²) in [6.07, 6.45) is 4.55. The molecule has 5 nitrogen and oxygen atoms in total. The highest BCUT2D eigenvalue weighted by atomic mass is 16.1. The first-order valence-corrected chi connectivity index (χ1v) is 5.09. The van der Waals surface area contributed by atoms with Crippen LogP contribution in [-0.4, -0.2) is 19.9 Å². The Balaban J connectivity index is 2.31. The number of hydrogen-bond acceptors (Lipinski definition) is 4. The summed E-state index contributed by atoms with van der Waals surface area (Å²) in [6.45, 7) is 0. The van der Waals surface area contributed by atoms with Crippen molar-refractivity contribution in [3.8, 4) is 11.3 Å². The molecule has 17 heavy (non-hydrogen) atoms. The van der Waals surface area contributed by atoms with Gasteiger partial charge in [0.1, 0.15) is 12.0 Å². The number of para-hydroxylation sites is 2. The number of aromatic amines is 1. The highest BCUT2D eigenvalue weighted by Crippen LogP contribution is 2.13. The van der Waals surface area contributed by atoms with E-state index in [4.69, 9.17) is 0 Å². The number of fused-ring (bicyclic) bond motifs is 1. The maximum Gasteiger partial charge on any atom is 0.275 e. The van der Waals surface area contributed by atoms with Crippen LogP contribution < -0.4 is 5.56 Å². The second-order valence-corrected chi connectivity index (χ2v) is 3.56. The quantitative estimate of drug-likeness (QED) is 0.677. The van der Waals surface area contributed by atoms with E-state index in [-0.39, 0.29) is 5.56 Å². The van der Waals surface area contributed by atoms with Gasteiger partial charge >= 0.3 is 0 Å². The number of aromatic nitrogens is 4. The minimum atomic E-state index is -0.237. The molecule has 0 aliphatic carbocycles. The van der Waals surface area contributed by atoms with Gasteiger partial charge in [-0.1, -0.05) is 12.1 Å². The molecule has 0 bridgehead atoms. The van der Waals surface area contributed by atoms with Gasteiger partial charge in [0.15, 0.2) is 0 Å². The molecule has 2 aromatic heterocycles. The average molecular weight is 224 g/mol. The lowest BCUT2D eigenvalue weighted by Gasteiger charge is -2.01. The van der Waals surface area contributed by atoms with Gasteiger partial charge in [-0.25, -0.2) is 15.0 Å². The standard InChI is InChI=1S/C12H8N4O/c17-12-11(8-5-13-7-14-6-8)15-9-3-1-2-4-10(9)16-12/h1-7H,(H,16,17). The third-order valence-electron chi connectivity index (χ3n) is 2.43. The zero-order valence-corrected chi connectivity index (χ0v) is 8.79. The fraction of sp³-hybridized carbons (Fsp3) is 0. The zero-order valence-electron chi connectivity index (χ0n) is 8.79. The van der Waals surface area contributed by atoms with Crippen molar-refractivity contribution in [1.82, 2.24) is 19.9 Å². The highest BCUT2D eigenvalue weighted by Gasteiger charge is 2.07. The minimum absolute atomic E-state index is 0.237. The van der Waals surface area contributed by atoms with E-state index in [1.165, 1.54) is 6.33 Å². The molecule has 0 saturated carbocycles. The van der Waals surface area contributed by atoms with E-state index in [9.17, 15) is 4.79 Å². The SMILES string of the molecule is O=c1[nH]c2ccccc2nc1-c1cncnc1. The average Bonchev–Trinajstić information content (AvgIpc) is 2.39. The summed E-state index contributed by atoms with van der Waals surface area (Å²) in [5.41, 5.74) is 2.17. The third kappa shape index (κ3) is 1.67. The maximum absolute atomic E-state index is 11.9. The van der Waals surface area contributed by atoms with Gasteiger partial charge in [0.25, 0.3) is 5.56 Å². The molecule has 3 aromatic rings. The summed E-state index contributed by atoms with van der Waals surface area (Å²) in [4.78, 5) is 26.7. The second kappa shape index (κ2) is 3.79. The van der Waals surface area contributed by atoms with Crippen LogP contribution in [0.5, 0.6) is 0 Å². The van der Waals surface area contributed by atoms with E-state index < -0.39 is 0 Å². The molecule has 0 saturated heterocycles. The van der Waals surface area contributed by atoms with Crippen molar-refractivity contribution < 1.29 is 0 Å². The molecule has 2 heterocycles. The van der Waals surface area contributed by atoms with Crippen molar-refractivity contribution in [1.29, 1.82) is 0 Å². The van der Waals surface area contributed by atoms with E-state index >= 15 is 0 Å². The summed E-state index contributed by atoms with van der Waals surface area (Å²) < 4.78 is 0. The Morgan fingerprint density at radius 3 is 2.65 bits per heavy atom. The maximum atomic E-state index is 11.9. The first-order chi connectivity index (χ1) is 8.34. The Labute approximate surface area is 96.2 Å². The highest BCUT2D eigenvalue weighted by molar-refractivity contribution is 5.76. The lowest BCUT2D eigenvalue weighted by atomic mass is 10.2. The van der Waals surface area contributed by atoms with E-state index in [2.05, 4.69) is 19.9 Å². The van der Waals surface area contributed by atoms with Gasteiger partial charge < -0.3 is 4.98 Å². The summed E-state index contributed by atoms with van der Waals surface area (Å²) in [5, 5.41) is 0. The van der Waals surface area contributed by atoms with Gasteiger partial charge in [0.05, 0.1) is 11.0 Å². The predicted molar refractivity (Wildman–Crippen MR) is 63.4 cm³/mol. The van der Waals surface area contributed by atoms with Crippen LogP contribution in [0.15, 0.2) is 47.8 Å². The number of rotatable bonds is 1. The summed E-state index contributed by atoms with van der Waals surface area (Å²) in [5.74, 6) is 0. The predicted octanol–water partition coefficient (Wildman–Crippen LogP) is 1.38. The number of benzene rings is 1. The Morgan fingerprint density at radius 2 is 1.82 bits per heavy atom. The van der Waals surface area contributed by atoms with E-state index in [1.54, 1.807) is 12.4 Å². The number of nitrogens with zero attached hydrogens (tertiary/aromatic N) is 3. The van der Waals surface area contributed by atoms with Crippen LogP contribution in [0, 0.1) is 0 Å². The van der Waals surface area contributed by atoms with Crippen molar-refractivity contribution in [2.24, 2.45) is 0 Å². The molecule has 0 amide bonds. The Bertz CT molecular complexity index is 721. The van der Waals surface area contributed by atoms with Crippen molar-refractivity contribution in [2.75, 3.05) is 0 Å². The van der Waals surface area contributed by atoms with Gasteiger partial charge in [-0.2, -0.15) is 0 Å². The van der Waals surface area contributed by atoms with Crippen molar-refractivity contribution >= 4 is 11.0 Å². The molecular formula is C12H8N4O. The summed E-state index contributed by atoms with van der Waals surface area (Å²) in [7, 11) is 0. The number of hydrogen-bond donors (Lipinski definition) is 1. The minimum Gasteiger partial charge on any atom is -0.319 e. The molecule has 0 aliphatic rings. The Hall–Kier alpha value is -2.56. The van der Waals surface area contributed by atoms with Crippen LogP contribution >= 0.6 is 0 Å². The molecule has 82 valence electrons. The molecule has 5 heteroatoms. The number of nitrogens with one attached hydrogen (secondary N) is 1. The van der Waals surface area contributed by atoms with Crippen molar-refractivity contribution in [2.45, 2.75) is 0 Å². The molecule has 0 spiro atoms. The molecule has 0 fully saturated rings. The molecular weight excluding hydrogens is 216 g/mol. The lowest BCUT2D eigenvalue weighted by molar-refractivity contribution is 1.14. The van der Waals surface area contributed by atoms with Crippen LogP contribution in [0.3, 0.4) is 0 Å². The fourth-order valence-corrected chi connectivity index (χ4v) is 1.65. The van der Waals surface area contributed by atoms with E-state index in [0.717, 1.165) is 11.0 Å². The van der Waals surface area contributed by atoms with Crippen LogP contribution in [0.25, 0.3) is 22.3 Å². The molecule has 1 aromatic carbocycles. The topological polar surface area (TPSA) is 71.5 Å². The van der Waals surface area contributed by atoms with Crippen molar-refractivity contribution in [3.63, 3.8) is 0 Å². The molecule has 1 N–H and O–H groups in total. The molecule has 0 atom stereocenters. The van der Waals surface area contributed by atoms with Crippen molar-refractivity contribution in [3.05, 3.63) is 53.3 Å². The van der Waals surface area contributed by atoms with E-state index in [1.807, 2.05) is 24.3 Å². The molecule has 0 unspecified atom stereocenters. The van der Waals surface area contributed by atoms with Crippen LogP contribution in [-0.2, 0) is 0 Å². The third-order valence-corrected chi connectivity index (χ3v) is 2.43. The van der Waals surface area contributed by atoms with Gasteiger partial charge in [-0.05, 0) is 12.1 Å². The normalized spacial score (nSPS) is 10.6. The molecule has 3 rings (SSSR count). The van der Waals surface area contributed by atoms with Gasteiger partial charge in [0.2, 0.25) is 0 Å². The monoisotopic (exact) mass is 224 g/mol. The smallest absolute Gasteiger partial charge is 0.275 e. The first-order valence-electron chi connectivity index (χ1n) is 5.09. The van der Waals surface area contributed by atoms with Crippen LogP contribution in [0.2, 0.25) is 0 Å². The fourth-order valence-electron chi connectivity index (χ4n) is 1.65. The van der Waals surface area contributed by atoms with Gasteiger partial charge in [0, 0.05) is 18.0 Å². The Morgan fingerprint density at radius 1 is 1.06 bits per heavy atom. The van der Waals surface area contributed by atoms with E-state index in [0.29, 0.717) is 11.3 Å². The second-order valence-electron chi connectivity index (χ2n) is 3.56. The van der Waals surface area contributed by atoms with Gasteiger partial charge in [-0.15, -0.1) is 0 Å². The van der Waals surface area contributed by atoms with Gasteiger partial charge in [-0.3, -0.25) is 4.79 Å². The first kappa shape index (κ1) is 9.65. The summed E-state index contributed by atoms with van der Waals surface area (Å²) in [6, 6.07) is 7.39. The van der Waals surface area contributed by atoms with Crippen LogP contribution in [0.1, 0.15) is 0 Å².